The van der Waals surface area contributed by atoms with Gasteiger partial charge in [-0.3, -0.25) is 4.79 Å². The number of benzene rings is 1. The van der Waals surface area contributed by atoms with E-state index in [-0.39, 0.29) is 5.91 Å². The zero-order valence-corrected chi connectivity index (χ0v) is 11.0. The van der Waals surface area contributed by atoms with Gasteiger partial charge in [-0.15, -0.1) is 0 Å². The Balaban J connectivity index is 2.41. The lowest BCUT2D eigenvalue weighted by atomic mass is 10.2. The van der Waals surface area contributed by atoms with E-state index in [1.165, 1.54) is 0 Å². The SMILES string of the molecule is CCCNC(=O)CCNc1cc(OC)ccc1N. The summed E-state index contributed by atoms with van der Waals surface area (Å²) in [5.41, 5.74) is 7.26. The summed E-state index contributed by atoms with van der Waals surface area (Å²) in [4.78, 5) is 11.4. The number of rotatable bonds is 7. The van der Waals surface area contributed by atoms with Crippen molar-refractivity contribution in [1.29, 1.82) is 0 Å². The van der Waals surface area contributed by atoms with Gasteiger partial charge >= 0.3 is 0 Å². The topological polar surface area (TPSA) is 76.4 Å². The highest BCUT2D eigenvalue weighted by Crippen LogP contribution is 2.24. The number of ether oxygens (including phenoxy) is 1. The van der Waals surface area contributed by atoms with Gasteiger partial charge in [0.25, 0.3) is 0 Å². The molecule has 0 aliphatic rings. The molecule has 1 rings (SSSR count). The lowest BCUT2D eigenvalue weighted by Gasteiger charge is -2.10. The molecule has 5 nitrogen and oxygen atoms in total. The Morgan fingerprint density at radius 2 is 2.17 bits per heavy atom. The highest BCUT2D eigenvalue weighted by molar-refractivity contribution is 5.77. The number of carbonyl (C=O) groups is 1. The molecule has 5 heteroatoms. The first-order valence-corrected chi connectivity index (χ1v) is 6.11. The quantitative estimate of drug-likeness (QED) is 0.643. The summed E-state index contributed by atoms with van der Waals surface area (Å²) in [6, 6.07) is 5.39. The van der Waals surface area contributed by atoms with Crippen LogP contribution >= 0.6 is 0 Å². The Kier molecular flexibility index (Phi) is 5.84. The molecule has 1 aromatic carbocycles. The van der Waals surface area contributed by atoms with Crippen molar-refractivity contribution in [2.75, 3.05) is 31.2 Å². The second-order valence-corrected chi connectivity index (χ2v) is 3.98. The van der Waals surface area contributed by atoms with Crippen LogP contribution in [0.2, 0.25) is 0 Å². The maximum atomic E-state index is 11.4. The molecule has 0 heterocycles. The largest absolute Gasteiger partial charge is 0.497 e. The van der Waals surface area contributed by atoms with Crippen molar-refractivity contribution in [2.45, 2.75) is 19.8 Å². The number of hydrogen-bond acceptors (Lipinski definition) is 4. The third kappa shape index (κ3) is 4.53. The van der Waals surface area contributed by atoms with Crippen molar-refractivity contribution >= 4 is 17.3 Å². The molecule has 0 saturated carbocycles. The highest BCUT2D eigenvalue weighted by Gasteiger charge is 2.03. The van der Waals surface area contributed by atoms with Crippen molar-refractivity contribution in [1.82, 2.24) is 5.32 Å². The number of anilines is 2. The van der Waals surface area contributed by atoms with Crippen LogP contribution in [0.25, 0.3) is 0 Å². The fraction of sp³-hybridized carbons (Fsp3) is 0.462. The minimum absolute atomic E-state index is 0.0471. The number of hydrogen-bond donors (Lipinski definition) is 3. The summed E-state index contributed by atoms with van der Waals surface area (Å²) >= 11 is 0. The average Bonchev–Trinajstić information content (AvgIpc) is 2.38. The van der Waals surface area contributed by atoms with Crippen LogP contribution in [0.4, 0.5) is 11.4 Å². The van der Waals surface area contributed by atoms with Gasteiger partial charge in [-0.1, -0.05) is 6.92 Å². The predicted molar refractivity (Wildman–Crippen MR) is 73.8 cm³/mol. The van der Waals surface area contributed by atoms with Crippen molar-refractivity contribution in [3.63, 3.8) is 0 Å². The first kappa shape index (κ1) is 14.2. The van der Waals surface area contributed by atoms with E-state index < -0.39 is 0 Å². The number of methoxy groups -OCH3 is 1. The first-order chi connectivity index (χ1) is 8.67. The maximum Gasteiger partial charge on any atom is 0.221 e. The summed E-state index contributed by atoms with van der Waals surface area (Å²) in [6.45, 7) is 3.29. The van der Waals surface area contributed by atoms with Crippen molar-refractivity contribution in [3.8, 4) is 5.75 Å². The van der Waals surface area contributed by atoms with Crippen molar-refractivity contribution in [2.24, 2.45) is 0 Å². The minimum Gasteiger partial charge on any atom is -0.497 e. The zero-order valence-electron chi connectivity index (χ0n) is 11.0. The molecule has 1 aromatic rings. The molecule has 0 saturated heterocycles. The van der Waals surface area contributed by atoms with Crippen LogP contribution in [0.5, 0.6) is 5.75 Å². The van der Waals surface area contributed by atoms with Crippen molar-refractivity contribution in [3.05, 3.63) is 18.2 Å². The Morgan fingerprint density at radius 3 is 2.83 bits per heavy atom. The van der Waals surface area contributed by atoms with Gasteiger partial charge in [0.2, 0.25) is 5.91 Å². The van der Waals surface area contributed by atoms with Crippen LogP contribution in [-0.4, -0.2) is 26.1 Å². The molecule has 1 amide bonds. The van der Waals surface area contributed by atoms with E-state index in [9.17, 15) is 4.79 Å². The number of amides is 1. The first-order valence-electron chi connectivity index (χ1n) is 6.11. The third-order valence-electron chi connectivity index (χ3n) is 2.50. The molecule has 0 spiro atoms. The molecule has 0 aliphatic carbocycles. The van der Waals surface area contributed by atoms with Crippen LogP contribution in [-0.2, 0) is 4.79 Å². The maximum absolute atomic E-state index is 11.4. The Morgan fingerprint density at radius 1 is 1.39 bits per heavy atom. The van der Waals surface area contributed by atoms with Gasteiger partial charge in [-0.05, 0) is 18.6 Å². The predicted octanol–water partition coefficient (Wildman–Crippen LogP) is 1.61. The van der Waals surface area contributed by atoms with E-state index in [1.54, 1.807) is 19.2 Å². The summed E-state index contributed by atoms with van der Waals surface area (Å²) in [7, 11) is 1.60. The van der Waals surface area contributed by atoms with E-state index in [0.717, 1.165) is 24.4 Å². The van der Waals surface area contributed by atoms with Crippen LogP contribution < -0.4 is 21.1 Å². The van der Waals surface area contributed by atoms with Gasteiger partial charge in [0.05, 0.1) is 18.5 Å². The van der Waals surface area contributed by atoms with Crippen molar-refractivity contribution < 1.29 is 9.53 Å². The molecule has 100 valence electrons. The van der Waals surface area contributed by atoms with Gasteiger partial charge < -0.3 is 21.1 Å². The molecule has 0 fully saturated rings. The standard InChI is InChI=1S/C13H21N3O2/c1-3-7-16-13(17)6-8-15-12-9-10(18-2)4-5-11(12)14/h4-5,9,15H,3,6-8,14H2,1-2H3,(H,16,17). The normalized spacial score (nSPS) is 9.89. The van der Waals surface area contributed by atoms with Gasteiger partial charge in [0, 0.05) is 25.6 Å². The number of nitrogen functional groups attached to an aromatic ring is 1. The molecule has 4 N–H and O–H groups in total. The van der Waals surface area contributed by atoms with Crippen LogP contribution in [0.3, 0.4) is 0 Å². The lowest BCUT2D eigenvalue weighted by Crippen LogP contribution is -2.25. The fourth-order valence-electron chi connectivity index (χ4n) is 1.48. The van der Waals surface area contributed by atoms with Gasteiger partial charge in [-0.2, -0.15) is 0 Å². The second-order valence-electron chi connectivity index (χ2n) is 3.98. The number of carbonyl (C=O) groups excluding carboxylic acids is 1. The van der Waals surface area contributed by atoms with Gasteiger partial charge in [0.1, 0.15) is 5.75 Å². The second kappa shape index (κ2) is 7.42. The van der Waals surface area contributed by atoms with Gasteiger partial charge in [-0.25, -0.2) is 0 Å². The average molecular weight is 251 g/mol. The molecule has 0 aliphatic heterocycles. The Hall–Kier alpha value is -1.91. The van der Waals surface area contributed by atoms with Crippen LogP contribution in [0, 0.1) is 0 Å². The van der Waals surface area contributed by atoms with E-state index in [4.69, 9.17) is 10.5 Å². The number of nitrogens with two attached hydrogens (primary N) is 1. The molecular formula is C13H21N3O2. The molecular weight excluding hydrogens is 230 g/mol. The lowest BCUT2D eigenvalue weighted by molar-refractivity contribution is -0.120. The van der Waals surface area contributed by atoms with E-state index in [1.807, 2.05) is 13.0 Å². The monoisotopic (exact) mass is 251 g/mol. The summed E-state index contributed by atoms with van der Waals surface area (Å²) in [6.07, 6.45) is 1.37. The summed E-state index contributed by atoms with van der Waals surface area (Å²) in [5, 5.41) is 5.95. The molecule has 0 bridgehead atoms. The van der Waals surface area contributed by atoms with Crippen LogP contribution in [0.15, 0.2) is 18.2 Å². The van der Waals surface area contributed by atoms with Gasteiger partial charge in [0.15, 0.2) is 0 Å². The molecule has 18 heavy (non-hydrogen) atoms. The van der Waals surface area contributed by atoms with Crippen LogP contribution in [0.1, 0.15) is 19.8 Å². The molecule has 0 atom stereocenters. The Labute approximate surface area is 108 Å². The highest BCUT2D eigenvalue weighted by atomic mass is 16.5. The minimum atomic E-state index is 0.0471. The van der Waals surface area contributed by atoms with E-state index in [0.29, 0.717) is 18.7 Å². The molecule has 0 unspecified atom stereocenters. The Bertz CT molecular complexity index is 394. The fourth-order valence-corrected chi connectivity index (χ4v) is 1.48. The third-order valence-corrected chi connectivity index (χ3v) is 2.50. The zero-order chi connectivity index (χ0) is 13.4. The molecule has 0 aromatic heterocycles. The van der Waals surface area contributed by atoms with E-state index >= 15 is 0 Å². The summed E-state index contributed by atoms with van der Waals surface area (Å²) < 4.78 is 5.12. The number of nitrogens with one attached hydrogen (secondary N) is 2. The van der Waals surface area contributed by atoms with E-state index in [2.05, 4.69) is 10.6 Å². The molecule has 0 radical (unpaired) electrons. The summed E-state index contributed by atoms with van der Waals surface area (Å²) in [5.74, 6) is 0.785. The smallest absolute Gasteiger partial charge is 0.221 e.